The van der Waals surface area contributed by atoms with E-state index in [0.29, 0.717) is 25.7 Å². The van der Waals surface area contributed by atoms with E-state index < -0.39 is 97.5 Å². The number of phosphoric acid groups is 2. The largest absolute Gasteiger partial charge is 0.472 e. The van der Waals surface area contributed by atoms with Gasteiger partial charge >= 0.3 is 39.5 Å². The lowest BCUT2D eigenvalue weighted by molar-refractivity contribution is -0.161. The fourth-order valence-electron chi connectivity index (χ4n) is 14.2. The lowest BCUT2D eigenvalue weighted by atomic mass is 10.0. The van der Waals surface area contributed by atoms with Crippen LogP contribution in [-0.2, 0) is 65.4 Å². The van der Waals surface area contributed by atoms with E-state index in [4.69, 9.17) is 37.0 Å². The zero-order valence-corrected chi connectivity index (χ0v) is 74.7. The van der Waals surface area contributed by atoms with Gasteiger partial charge in [0.2, 0.25) is 0 Å². The SMILES string of the molecule is CC(C)CCCCCCCCCCCCCCCCCCCCC(=O)OC[C@H](COP(=O)(O)OC[C@@H](O)COP(=O)(O)OC[C@@H](COC(=O)CCCCCCCCCCC(C)C)OC(=O)CCCCCCCCCCCCCCCCC(C)C)OC(=O)CCCCCCCCCCCCCCCCCCCCC(C)C. The molecule has 0 amide bonds. The number of carbonyl (C=O) groups is 4. The standard InChI is InChI=1S/C91H178O17P2/c1-81(2)67-59-51-43-35-29-23-17-13-9-11-15-19-26-32-38-47-55-63-71-88(93)101-77-86(107-90(95)73-65-57-49-39-33-27-20-16-12-10-14-18-24-30-36-44-52-60-68-82(3)4)79-105-109(97,98)103-75-85(92)76-104-110(99,100)106-80-87(78-102-89(94)72-64-56-48-42-41-46-54-62-70-84(7)8)108-91(96)74-66-58-50-40-34-28-22-21-25-31-37-45-53-61-69-83(5)6/h81-87,92H,9-80H2,1-8H3,(H,97,98)(H,99,100)/t85-,86-,87-/m1/s1. The second-order valence-electron chi connectivity index (χ2n) is 34.6. The number of aliphatic hydroxyl groups excluding tert-OH is 1. The molecule has 0 aliphatic carbocycles. The minimum absolute atomic E-state index is 0.107. The molecule has 0 rings (SSSR count). The van der Waals surface area contributed by atoms with Gasteiger partial charge in [-0.3, -0.25) is 37.3 Å². The lowest BCUT2D eigenvalue weighted by Crippen LogP contribution is -2.30. The van der Waals surface area contributed by atoms with Crippen molar-refractivity contribution in [1.82, 2.24) is 0 Å². The van der Waals surface area contributed by atoms with E-state index in [0.717, 1.165) is 114 Å². The third kappa shape index (κ3) is 84.0. The van der Waals surface area contributed by atoms with E-state index >= 15 is 0 Å². The van der Waals surface area contributed by atoms with Crippen molar-refractivity contribution in [2.75, 3.05) is 39.6 Å². The fourth-order valence-corrected chi connectivity index (χ4v) is 15.8. The summed E-state index contributed by atoms with van der Waals surface area (Å²) >= 11 is 0. The Labute approximate surface area is 677 Å². The van der Waals surface area contributed by atoms with Crippen molar-refractivity contribution >= 4 is 39.5 Å². The number of phosphoric ester groups is 2. The average Bonchev–Trinajstić information content (AvgIpc) is 0.904. The number of carbonyl (C=O) groups excluding carboxylic acids is 4. The maximum Gasteiger partial charge on any atom is 0.472 e. The van der Waals surface area contributed by atoms with Gasteiger partial charge in [0.1, 0.15) is 19.3 Å². The minimum atomic E-state index is -4.97. The Balaban J connectivity index is 5.24. The molecule has 2 unspecified atom stereocenters. The molecular weight excluding hydrogens is 1430 g/mol. The van der Waals surface area contributed by atoms with E-state index in [2.05, 4.69) is 55.4 Å². The Hall–Kier alpha value is -1.94. The summed E-state index contributed by atoms with van der Waals surface area (Å²) in [5, 5.41) is 10.7. The third-order valence-electron chi connectivity index (χ3n) is 21.3. The molecule has 0 aromatic rings. The second-order valence-corrected chi connectivity index (χ2v) is 37.5. The molecule has 0 saturated carbocycles. The van der Waals surface area contributed by atoms with Crippen LogP contribution in [0.15, 0.2) is 0 Å². The van der Waals surface area contributed by atoms with Crippen LogP contribution in [0.2, 0.25) is 0 Å². The molecule has 5 atom stereocenters. The number of hydrogen-bond acceptors (Lipinski definition) is 15. The van der Waals surface area contributed by atoms with E-state index in [1.807, 2.05) is 0 Å². The molecule has 0 heterocycles. The topological polar surface area (TPSA) is 237 Å². The summed E-state index contributed by atoms with van der Waals surface area (Å²) in [6, 6.07) is 0. The van der Waals surface area contributed by atoms with E-state index in [1.54, 1.807) is 0 Å². The van der Waals surface area contributed by atoms with Gasteiger partial charge in [-0.2, -0.15) is 0 Å². The van der Waals surface area contributed by atoms with Crippen LogP contribution in [0, 0.1) is 23.7 Å². The first-order valence-corrected chi connectivity index (χ1v) is 49.7. The minimum Gasteiger partial charge on any atom is -0.462 e. The van der Waals surface area contributed by atoms with Gasteiger partial charge in [0.05, 0.1) is 26.4 Å². The van der Waals surface area contributed by atoms with Crippen LogP contribution in [0.5, 0.6) is 0 Å². The predicted molar refractivity (Wildman–Crippen MR) is 455 cm³/mol. The highest BCUT2D eigenvalue weighted by Gasteiger charge is 2.31. The maximum absolute atomic E-state index is 13.2. The fraction of sp³-hybridized carbons (Fsp3) is 0.956. The predicted octanol–water partition coefficient (Wildman–Crippen LogP) is 27.9. The number of unbranched alkanes of at least 4 members (excludes halogenated alkanes) is 54. The van der Waals surface area contributed by atoms with Crippen molar-refractivity contribution in [2.24, 2.45) is 23.7 Å². The van der Waals surface area contributed by atoms with Crippen LogP contribution < -0.4 is 0 Å². The highest BCUT2D eigenvalue weighted by atomic mass is 31.2. The first kappa shape index (κ1) is 108. The molecule has 0 radical (unpaired) electrons. The van der Waals surface area contributed by atoms with Crippen LogP contribution in [0.25, 0.3) is 0 Å². The van der Waals surface area contributed by atoms with Crippen LogP contribution in [0.3, 0.4) is 0 Å². The smallest absolute Gasteiger partial charge is 0.462 e. The van der Waals surface area contributed by atoms with Gasteiger partial charge in [-0.25, -0.2) is 9.13 Å². The van der Waals surface area contributed by atoms with Crippen molar-refractivity contribution in [3.63, 3.8) is 0 Å². The van der Waals surface area contributed by atoms with Gasteiger partial charge in [0, 0.05) is 25.7 Å². The highest BCUT2D eigenvalue weighted by molar-refractivity contribution is 7.47. The van der Waals surface area contributed by atoms with Crippen LogP contribution in [0.4, 0.5) is 0 Å². The molecule has 3 N–H and O–H groups in total. The van der Waals surface area contributed by atoms with E-state index in [-0.39, 0.29) is 25.7 Å². The Bertz CT molecular complexity index is 2130. The molecule has 110 heavy (non-hydrogen) atoms. The number of esters is 4. The van der Waals surface area contributed by atoms with Gasteiger partial charge in [-0.1, -0.05) is 428 Å². The summed E-state index contributed by atoms with van der Waals surface area (Å²) in [4.78, 5) is 73.4. The normalized spacial score (nSPS) is 13.8. The summed E-state index contributed by atoms with van der Waals surface area (Å²) in [5.41, 5.74) is 0. The molecule has 17 nitrogen and oxygen atoms in total. The number of ether oxygens (including phenoxy) is 4. The lowest BCUT2D eigenvalue weighted by Gasteiger charge is -2.21. The monoisotopic (exact) mass is 1610 g/mol. The first-order chi connectivity index (χ1) is 53.1. The molecule has 0 aromatic heterocycles. The Morgan fingerprint density at radius 2 is 0.382 bits per heavy atom. The molecule has 0 aliphatic rings. The van der Waals surface area contributed by atoms with Crippen molar-refractivity contribution in [1.29, 1.82) is 0 Å². The summed E-state index contributed by atoms with van der Waals surface area (Å²) in [6.07, 6.45) is 71.0. The summed E-state index contributed by atoms with van der Waals surface area (Å²) in [5.74, 6) is 1.06. The van der Waals surface area contributed by atoms with Gasteiger partial charge in [0.15, 0.2) is 12.2 Å². The zero-order chi connectivity index (χ0) is 80.9. The summed E-state index contributed by atoms with van der Waals surface area (Å²) in [6.45, 7) is 14.4. The van der Waals surface area contributed by atoms with E-state index in [9.17, 15) is 43.2 Å². The summed E-state index contributed by atoms with van der Waals surface area (Å²) < 4.78 is 69.1. The molecule has 0 saturated heterocycles. The van der Waals surface area contributed by atoms with Gasteiger partial charge < -0.3 is 33.8 Å². The molecule has 654 valence electrons. The number of aliphatic hydroxyl groups is 1. The molecule has 0 spiro atoms. The van der Waals surface area contributed by atoms with Crippen LogP contribution in [-0.4, -0.2) is 96.7 Å². The highest BCUT2D eigenvalue weighted by Crippen LogP contribution is 2.45. The average molecular weight is 1610 g/mol. The molecular formula is C91H178O17P2. The molecule has 19 heteroatoms. The second kappa shape index (κ2) is 79.5. The quantitative estimate of drug-likeness (QED) is 0.0222. The van der Waals surface area contributed by atoms with Crippen molar-refractivity contribution in [3.05, 3.63) is 0 Å². The molecule has 0 fully saturated rings. The number of rotatable bonds is 88. The Kier molecular flexibility index (Phi) is 78.1. The molecule has 0 aliphatic heterocycles. The molecule has 0 aromatic carbocycles. The van der Waals surface area contributed by atoms with Crippen LogP contribution in [0.1, 0.15) is 479 Å². The van der Waals surface area contributed by atoms with Crippen molar-refractivity contribution < 1.29 is 80.2 Å². The van der Waals surface area contributed by atoms with Gasteiger partial charge in [-0.15, -0.1) is 0 Å². The van der Waals surface area contributed by atoms with E-state index in [1.165, 1.54) is 283 Å². The maximum atomic E-state index is 13.2. The van der Waals surface area contributed by atoms with Gasteiger partial charge in [0.25, 0.3) is 0 Å². The van der Waals surface area contributed by atoms with Crippen molar-refractivity contribution in [2.45, 2.75) is 497 Å². The van der Waals surface area contributed by atoms with Crippen LogP contribution >= 0.6 is 15.6 Å². The Morgan fingerprint density at radius 1 is 0.227 bits per heavy atom. The first-order valence-electron chi connectivity index (χ1n) is 46.7. The third-order valence-corrected chi connectivity index (χ3v) is 23.2. The van der Waals surface area contributed by atoms with Gasteiger partial charge in [-0.05, 0) is 49.4 Å². The Morgan fingerprint density at radius 3 is 0.564 bits per heavy atom. The van der Waals surface area contributed by atoms with Crippen molar-refractivity contribution in [3.8, 4) is 0 Å². The molecule has 0 bridgehead atoms. The number of hydrogen-bond donors (Lipinski definition) is 3. The summed E-state index contributed by atoms with van der Waals surface area (Å²) in [7, 11) is -9.94. The zero-order valence-electron chi connectivity index (χ0n) is 72.9.